The molecule has 0 heterocycles. The molecule has 25 heavy (non-hydrogen) atoms. The first-order valence-electron chi connectivity index (χ1n) is 8.09. The van der Waals surface area contributed by atoms with E-state index < -0.39 is 11.7 Å². The van der Waals surface area contributed by atoms with Crippen molar-refractivity contribution in [2.45, 2.75) is 33.1 Å². The molecule has 0 atom stereocenters. The summed E-state index contributed by atoms with van der Waals surface area (Å²) in [6, 6.07) is 14.0. The number of rotatable bonds is 5. The summed E-state index contributed by atoms with van der Waals surface area (Å²) in [5.74, 6) is -0.918. The lowest BCUT2D eigenvalue weighted by atomic mass is 9.86. The van der Waals surface area contributed by atoms with Crippen LogP contribution in [0.3, 0.4) is 0 Å². The number of nitrogens with zero attached hydrogens (tertiary/aromatic N) is 1. The van der Waals surface area contributed by atoms with E-state index in [-0.39, 0.29) is 17.8 Å². The lowest BCUT2D eigenvalue weighted by Crippen LogP contribution is -2.25. The van der Waals surface area contributed by atoms with Gasteiger partial charge in [0.1, 0.15) is 0 Å². The Balaban J connectivity index is 1.92. The molecular weight excluding hydrogens is 319 g/mol. The van der Waals surface area contributed by atoms with Gasteiger partial charge in [-0.05, 0) is 35.6 Å². The summed E-state index contributed by atoms with van der Waals surface area (Å²) in [4.78, 5) is 11.8. The molecule has 0 radical (unpaired) electrons. The molecule has 1 amide bonds. The highest BCUT2D eigenvalue weighted by Gasteiger charge is 2.13. The Kier molecular flexibility index (Phi) is 5.91. The zero-order valence-electron chi connectivity index (χ0n) is 15.0. The summed E-state index contributed by atoms with van der Waals surface area (Å²) in [6.07, 6.45) is 0. The highest BCUT2D eigenvalue weighted by atomic mass is 19.1. The van der Waals surface area contributed by atoms with Crippen LogP contribution in [-0.2, 0) is 10.2 Å². The predicted octanol–water partition coefficient (Wildman–Crippen LogP) is 4.04. The van der Waals surface area contributed by atoms with Gasteiger partial charge in [0.05, 0.1) is 5.71 Å². The van der Waals surface area contributed by atoms with Crippen molar-refractivity contribution >= 4 is 11.6 Å². The minimum absolute atomic E-state index is 0.0381. The van der Waals surface area contributed by atoms with E-state index in [2.05, 4.69) is 43.4 Å². The van der Waals surface area contributed by atoms with Crippen molar-refractivity contribution in [1.29, 1.82) is 0 Å². The van der Waals surface area contributed by atoms with Crippen molar-refractivity contribution in [1.82, 2.24) is 5.43 Å². The maximum atomic E-state index is 13.4. The summed E-state index contributed by atoms with van der Waals surface area (Å²) >= 11 is 0. The van der Waals surface area contributed by atoms with E-state index in [1.165, 1.54) is 17.7 Å². The van der Waals surface area contributed by atoms with Gasteiger partial charge in [-0.15, -0.1) is 0 Å². The van der Waals surface area contributed by atoms with Crippen molar-refractivity contribution in [3.8, 4) is 5.75 Å². The number of ether oxygens (including phenoxy) is 1. The molecule has 0 bridgehead atoms. The first kappa shape index (κ1) is 18.6. The van der Waals surface area contributed by atoms with Gasteiger partial charge in [-0.3, -0.25) is 4.79 Å². The van der Waals surface area contributed by atoms with Gasteiger partial charge < -0.3 is 4.74 Å². The summed E-state index contributed by atoms with van der Waals surface area (Å²) in [6.45, 7) is 7.96. The monoisotopic (exact) mass is 342 g/mol. The van der Waals surface area contributed by atoms with Gasteiger partial charge in [0.25, 0.3) is 5.91 Å². The third-order valence-electron chi connectivity index (χ3n) is 3.71. The molecule has 0 aliphatic carbocycles. The van der Waals surface area contributed by atoms with Crippen LogP contribution < -0.4 is 10.2 Å². The van der Waals surface area contributed by atoms with Gasteiger partial charge in [0.2, 0.25) is 0 Å². The van der Waals surface area contributed by atoms with Gasteiger partial charge in [0, 0.05) is 0 Å². The van der Waals surface area contributed by atoms with E-state index in [1.807, 2.05) is 19.1 Å². The Morgan fingerprint density at radius 2 is 1.76 bits per heavy atom. The Morgan fingerprint density at radius 3 is 2.36 bits per heavy atom. The molecule has 0 aromatic heterocycles. The van der Waals surface area contributed by atoms with Gasteiger partial charge >= 0.3 is 0 Å². The topological polar surface area (TPSA) is 50.7 Å². The fraction of sp³-hybridized carbons (Fsp3) is 0.300. The van der Waals surface area contributed by atoms with Crippen molar-refractivity contribution in [2.24, 2.45) is 5.10 Å². The van der Waals surface area contributed by atoms with Gasteiger partial charge in [-0.25, -0.2) is 9.82 Å². The lowest BCUT2D eigenvalue weighted by molar-refractivity contribution is -0.123. The molecule has 0 aliphatic rings. The summed E-state index contributed by atoms with van der Waals surface area (Å²) in [5.41, 5.74) is 5.33. The Bertz CT molecular complexity index is 762. The molecule has 5 heteroatoms. The Hall–Kier alpha value is -2.69. The number of benzene rings is 2. The van der Waals surface area contributed by atoms with E-state index in [0.29, 0.717) is 5.71 Å². The molecule has 132 valence electrons. The van der Waals surface area contributed by atoms with Crippen LogP contribution in [0.4, 0.5) is 4.39 Å². The number of para-hydroxylation sites is 1. The first-order valence-corrected chi connectivity index (χ1v) is 8.09. The number of nitrogens with one attached hydrogen (secondary N) is 1. The van der Waals surface area contributed by atoms with E-state index in [4.69, 9.17) is 4.74 Å². The molecule has 0 unspecified atom stereocenters. The average molecular weight is 342 g/mol. The molecule has 2 aromatic carbocycles. The Morgan fingerprint density at radius 1 is 1.12 bits per heavy atom. The smallest absolute Gasteiger partial charge is 0.277 e. The number of hydrogen-bond donors (Lipinski definition) is 1. The zero-order chi connectivity index (χ0) is 18.4. The van der Waals surface area contributed by atoms with E-state index in [9.17, 15) is 9.18 Å². The molecule has 1 N–H and O–H groups in total. The minimum atomic E-state index is -0.506. The molecule has 0 saturated heterocycles. The second kappa shape index (κ2) is 7.92. The summed E-state index contributed by atoms with van der Waals surface area (Å²) in [5, 5.41) is 4.06. The number of halogens is 1. The van der Waals surface area contributed by atoms with Crippen LogP contribution in [0.1, 0.15) is 38.8 Å². The normalized spacial score (nSPS) is 12.0. The lowest BCUT2D eigenvalue weighted by Gasteiger charge is -2.19. The average Bonchev–Trinajstić information content (AvgIpc) is 2.58. The molecule has 0 spiro atoms. The first-order chi connectivity index (χ1) is 11.8. The highest BCUT2D eigenvalue weighted by molar-refractivity contribution is 5.99. The summed E-state index contributed by atoms with van der Waals surface area (Å²) < 4.78 is 18.5. The molecule has 2 aromatic rings. The highest BCUT2D eigenvalue weighted by Crippen LogP contribution is 2.22. The second-order valence-corrected chi connectivity index (χ2v) is 6.78. The summed E-state index contributed by atoms with van der Waals surface area (Å²) in [7, 11) is 0. The number of amides is 1. The number of carbonyl (C=O) groups is 1. The molecule has 0 aliphatic heterocycles. The van der Waals surface area contributed by atoms with Crippen molar-refractivity contribution in [2.75, 3.05) is 6.61 Å². The largest absolute Gasteiger partial charge is 0.481 e. The third-order valence-corrected chi connectivity index (χ3v) is 3.71. The minimum Gasteiger partial charge on any atom is -0.481 e. The van der Waals surface area contributed by atoms with Crippen molar-refractivity contribution in [3.05, 3.63) is 65.5 Å². The fourth-order valence-electron chi connectivity index (χ4n) is 2.16. The van der Waals surface area contributed by atoms with Gasteiger partial charge in [0.15, 0.2) is 18.2 Å². The van der Waals surface area contributed by atoms with Crippen LogP contribution in [0.25, 0.3) is 0 Å². The van der Waals surface area contributed by atoms with Crippen LogP contribution in [0.5, 0.6) is 5.75 Å². The van der Waals surface area contributed by atoms with Gasteiger partial charge in [-0.2, -0.15) is 5.10 Å². The third kappa shape index (κ3) is 5.41. The number of carbonyl (C=O) groups excluding carboxylic acids is 1. The number of hydrogen-bond acceptors (Lipinski definition) is 3. The maximum absolute atomic E-state index is 13.4. The van der Waals surface area contributed by atoms with Crippen molar-refractivity contribution < 1.29 is 13.9 Å². The predicted molar refractivity (Wildman–Crippen MR) is 97.4 cm³/mol. The van der Waals surface area contributed by atoms with Crippen LogP contribution >= 0.6 is 0 Å². The zero-order valence-corrected chi connectivity index (χ0v) is 15.0. The maximum Gasteiger partial charge on any atom is 0.277 e. The number of hydrazone groups is 1. The van der Waals surface area contributed by atoms with Crippen LogP contribution in [0.2, 0.25) is 0 Å². The van der Waals surface area contributed by atoms with Crippen LogP contribution in [0.15, 0.2) is 53.6 Å². The molecule has 0 fully saturated rings. The van der Waals surface area contributed by atoms with Gasteiger partial charge in [-0.1, -0.05) is 57.2 Å². The molecule has 0 saturated carbocycles. The Labute approximate surface area is 147 Å². The molecule has 4 nitrogen and oxygen atoms in total. The van der Waals surface area contributed by atoms with Crippen LogP contribution in [-0.4, -0.2) is 18.2 Å². The quantitative estimate of drug-likeness (QED) is 0.658. The molecule has 2 rings (SSSR count). The fourth-order valence-corrected chi connectivity index (χ4v) is 2.16. The SMILES string of the molecule is C/C(=N/NC(=O)COc1ccccc1F)c1ccc(C(C)(C)C)cc1. The van der Waals surface area contributed by atoms with E-state index in [1.54, 1.807) is 12.1 Å². The standard InChI is InChI=1S/C20H23FN2O2/c1-14(15-9-11-16(12-10-15)20(2,3)4)22-23-19(24)13-25-18-8-6-5-7-17(18)21/h5-12H,13H2,1-4H3,(H,23,24)/b22-14-. The van der Waals surface area contributed by atoms with E-state index >= 15 is 0 Å². The second-order valence-electron chi connectivity index (χ2n) is 6.78. The van der Waals surface area contributed by atoms with Crippen molar-refractivity contribution in [3.63, 3.8) is 0 Å². The van der Waals surface area contributed by atoms with E-state index in [0.717, 1.165) is 5.56 Å². The van der Waals surface area contributed by atoms with Crippen LogP contribution in [0, 0.1) is 5.82 Å². The molecular formula is C20H23FN2O2.